The van der Waals surface area contributed by atoms with E-state index >= 15 is 0 Å². The Morgan fingerprint density at radius 2 is 1.81 bits per heavy atom. The van der Waals surface area contributed by atoms with E-state index in [0.717, 1.165) is 50.0 Å². The van der Waals surface area contributed by atoms with Crippen molar-refractivity contribution in [2.75, 3.05) is 18.4 Å². The zero-order valence-electron chi connectivity index (χ0n) is 15.4. The Labute approximate surface area is 154 Å². The second kappa shape index (κ2) is 8.45. The van der Waals surface area contributed by atoms with Crippen LogP contribution in [0.3, 0.4) is 0 Å². The van der Waals surface area contributed by atoms with Gasteiger partial charge in [-0.05, 0) is 50.0 Å². The van der Waals surface area contributed by atoms with Crippen LogP contribution < -0.4 is 5.32 Å². The van der Waals surface area contributed by atoms with Crippen LogP contribution in [-0.4, -0.2) is 46.7 Å². The zero-order chi connectivity index (χ0) is 18.5. The van der Waals surface area contributed by atoms with Gasteiger partial charge in [-0.25, -0.2) is 0 Å². The summed E-state index contributed by atoms with van der Waals surface area (Å²) in [7, 11) is 0. The highest BCUT2D eigenvalue weighted by atomic mass is 16.2. The van der Waals surface area contributed by atoms with E-state index < -0.39 is 0 Å². The highest BCUT2D eigenvalue weighted by Gasteiger charge is 2.29. The lowest BCUT2D eigenvalue weighted by Gasteiger charge is -2.34. The summed E-state index contributed by atoms with van der Waals surface area (Å²) >= 11 is 0. The molecule has 0 radical (unpaired) electrons. The molecule has 6 nitrogen and oxygen atoms in total. The molecule has 1 aromatic carbocycles. The molecule has 140 valence electrons. The maximum Gasteiger partial charge on any atom is 0.241 e. The lowest BCUT2D eigenvalue weighted by atomic mass is 10.0. The number of hydrogen-bond acceptors (Lipinski definition) is 4. The van der Waals surface area contributed by atoms with Crippen LogP contribution in [0.2, 0.25) is 0 Å². The van der Waals surface area contributed by atoms with Crippen molar-refractivity contribution >= 4 is 23.4 Å². The third kappa shape index (κ3) is 4.30. The van der Waals surface area contributed by atoms with Crippen molar-refractivity contribution < 1.29 is 14.4 Å². The summed E-state index contributed by atoms with van der Waals surface area (Å²) in [5.41, 5.74) is 1.64. The molecule has 26 heavy (non-hydrogen) atoms. The Bertz CT molecular complexity index is 653. The minimum atomic E-state index is -0.110. The van der Waals surface area contributed by atoms with Gasteiger partial charge in [0.05, 0.1) is 12.6 Å². The van der Waals surface area contributed by atoms with Gasteiger partial charge >= 0.3 is 0 Å². The number of hydrogen-bond donors (Lipinski definition) is 1. The van der Waals surface area contributed by atoms with Crippen molar-refractivity contribution in [2.45, 2.75) is 58.0 Å². The number of amides is 3. The Morgan fingerprint density at radius 1 is 1.12 bits per heavy atom. The summed E-state index contributed by atoms with van der Waals surface area (Å²) in [5.74, 6) is -0.169. The maximum atomic E-state index is 12.7. The van der Waals surface area contributed by atoms with E-state index in [0.29, 0.717) is 19.4 Å². The predicted octanol–water partition coefficient (Wildman–Crippen LogP) is 2.54. The molecule has 0 bridgehead atoms. The number of carbonyl (C=O) groups is 3. The fraction of sp³-hybridized carbons (Fsp3) is 0.550. The summed E-state index contributed by atoms with van der Waals surface area (Å²) in [4.78, 5) is 39.6. The van der Waals surface area contributed by atoms with Crippen LogP contribution in [0.15, 0.2) is 24.3 Å². The molecule has 3 amide bonds. The van der Waals surface area contributed by atoms with Crippen LogP contribution in [0.25, 0.3) is 0 Å². The lowest BCUT2D eigenvalue weighted by Crippen LogP contribution is -2.47. The molecule has 2 fully saturated rings. The van der Waals surface area contributed by atoms with Crippen molar-refractivity contribution in [1.29, 1.82) is 0 Å². The number of nitrogens with zero attached hydrogens (tertiary/aromatic N) is 2. The van der Waals surface area contributed by atoms with Crippen molar-refractivity contribution in [2.24, 2.45) is 0 Å². The van der Waals surface area contributed by atoms with Crippen LogP contribution in [0.4, 0.5) is 5.69 Å². The molecule has 0 aromatic heterocycles. The summed E-state index contributed by atoms with van der Waals surface area (Å²) in [5, 5.41) is 3.01. The average Bonchev–Trinajstić information content (AvgIpc) is 2.96. The molecule has 3 rings (SSSR count). The molecule has 0 unspecified atom stereocenters. The average molecular weight is 357 g/mol. The van der Waals surface area contributed by atoms with Gasteiger partial charge in [-0.1, -0.05) is 25.5 Å². The Morgan fingerprint density at radius 3 is 2.46 bits per heavy atom. The van der Waals surface area contributed by atoms with Gasteiger partial charge in [-0.3, -0.25) is 24.2 Å². The van der Waals surface area contributed by atoms with Crippen molar-refractivity contribution in [3.8, 4) is 0 Å². The largest absolute Gasteiger partial charge is 0.325 e. The van der Waals surface area contributed by atoms with Gasteiger partial charge < -0.3 is 5.32 Å². The number of benzene rings is 1. The summed E-state index contributed by atoms with van der Waals surface area (Å²) in [6.07, 6.45) is 4.82. The Balaban J connectivity index is 1.59. The van der Waals surface area contributed by atoms with Crippen LogP contribution in [0, 0.1) is 0 Å². The summed E-state index contributed by atoms with van der Waals surface area (Å²) in [6, 6.07) is 7.35. The minimum Gasteiger partial charge on any atom is -0.325 e. The van der Waals surface area contributed by atoms with E-state index in [9.17, 15) is 14.4 Å². The van der Waals surface area contributed by atoms with E-state index in [2.05, 4.69) is 17.1 Å². The maximum absolute atomic E-state index is 12.7. The van der Waals surface area contributed by atoms with Crippen molar-refractivity contribution in [3.63, 3.8) is 0 Å². The van der Waals surface area contributed by atoms with Gasteiger partial charge in [0.15, 0.2) is 0 Å². The van der Waals surface area contributed by atoms with Crippen LogP contribution in [0.1, 0.15) is 51.0 Å². The molecular weight excluding hydrogens is 330 g/mol. The third-order valence-electron chi connectivity index (χ3n) is 5.14. The van der Waals surface area contributed by atoms with E-state index in [1.54, 1.807) is 0 Å². The van der Waals surface area contributed by atoms with Gasteiger partial charge in [-0.2, -0.15) is 0 Å². The van der Waals surface area contributed by atoms with Gasteiger partial charge in [0, 0.05) is 18.5 Å². The normalized spacial score (nSPS) is 21.3. The van der Waals surface area contributed by atoms with Gasteiger partial charge in [0.1, 0.15) is 0 Å². The molecule has 1 N–H and O–H groups in total. The molecule has 2 heterocycles. The molecule has 1 atom stereocenters. The number of anilines is 1. The van der Waals surface area contributed by atoms with Gasteiger partial charge in [0.2, 0.25) is 17.7 Å². The lowest BCUT2D eigenvalue weighted by molar-refractivity contribution is -0.139. The molecule has 2 aliphatic heterocycles. The van der Waals surface area contributed by atoms with E-state index in [4.69, 9.17) is 0 Å². The summed E-state index contributed by atoms with van der Waals surface area (Å²) in [6.45, 7) is 4.38. The molecule has 0 spiro atoms. The van der Waals surface area contributed by atoms with E-state index in [1.165, 1.54) is 4.90 Å². The van der Waals surface area contributed by atoms with Crippen LogP contribution >= 0.6 is 0 Å². The zero-order valence-corrected chi connectivity index (χ0v) is 15.4. The fourth-order valence-corrected chi connectivity index (χ4v) is 3.74. The molecule has 0 saturated carbocycles. The molecule has 6 heteroatoms. The molecular formula is C20H27N3O3. The van der Waals surface area contributed by atoms with Gasteiger partial charge in [-0.15, -0.1) is 0 Å². The number of carbonyl (C=O) groups excluding carboxylic acids is 3. The number of nitrogens with one attached hydrogen (secondary N) is 1. The van der Waals surface area contributed by atoms with Gasteiger partial charge in [0.25, 0.3) is 0 Å². The summed E-state index contributed by atoms with van der Waals surface area (Å²) < 4.78 is 0. The Kier molecular flexibility index (Phi) is 6.04. The van der Waals surface area contributed by atoms with Crippen LogP contribution in [0.5, 0.6) is 0 Å². The highest BCUT2D eigenvalue weighted by Crippen LogP contribution is 2.20. The molecule has 2 aliphatic rings. The number of imide groups is 1. The third-order valence-corrected chi connectivity index (χ3v) is 5.14. The van der Waals surface area contributed by atoms with E-state index in [1.807, 2.05) is 24.3 Å². The molecule has 1 aromatic rings. The van der Waals surface area contributed by atoms with Crippen LogP contribution in [-0.2, 0) is 20.9 Å². The first-order chi connectivity index (χ1) is 12.6. The monoisotopic (exact) mass is 357 g/mol. The van der Waals surface area contributed by atoms with Crippen molar-refractivity contribution in [1.82, 2.24) is 9.80 Å². The molecule has 2 saturated heterocycles. The SMILES string of the molecule is CCCN1CCCC[C@H]1C(=O)Nc1ccc(CN2C(=O)CCC2=O)cc1. The predicted molar refractivity (Wildman–Crippen MR) is 99.4 cm³/mol. The molecule has 0 aliphatic carbocycles. The topological polar surface area (TPSA) is 69.7 Å². The quantitative estimate of drug-likeness (QED) is 0.795. The first kappa shape index (κ1) is 18.6. The second-order valence-electron chi connectivity index (χ2n) is 7.11. The second-order valence-corrected chi connectivity index (χ2v) is 7.11. The Hall–Kier alpha value is -2.21. The first-order valence-corrected chi connectivity index (χ1v) is 9.55. The number of rotatable bonds is 6. The number of piperidine rings is 1. The minimum absolute atomic E-state index is 0.0517. The van der Waals surface area contributed by atoms with E-state index in [-0.39, 0.29) is 23.8 Å². The highest BCUT2D eigenvalue weighted by molar-refractivity contribution is 6.01. The smallest absolute Gasteiger partial charge is 0.241 e. The first-order valence-electron chi connectivity index (χ1n) is 9.55. The fourth-order valence-electron chi connectivity index (χ4n) is 3.74. The standard InChI is InChI=1S/C20H27N3O3/c1-2-12-22-13-4-3-5-17(22)20(26)21-16-8-6-15(7-9-16)14-23-18(24)10-11-19(23)25/h6-9,17H,2-5,10-14H2,1H3,(H,21,26)/t17-/m0/s1. The van der Waals surface area contributed by atoms with Crippen molar-refractivity contribution in [3.05, 3.63) is 29.8 Å². The number of likely N-dealkylation sites (tertiary alicyclic amines) is 2.